The molecular formula is C70H55N. The van der Waals surface area contributed by atoms with Gasteiger partial charge in [0.05, 0.1) is 11.1 Å². The molecule has 0 atom stereocenters. The molecule has 10 aromatic rings. The topological polar surface area (TPSA) is 3.24 Å². The molecule has 10 aromatic carbocycles. The first-order valence-corrected chi connectivity index (χ1v) is 25.4. The number of rotatable bonds is 6. The third-order valence-electron chi connectivity index (χ3n) is 17.3. The summed E-state index contributed by atoms with van der Waals surface area (Å²) in [6, 6.07) is 85.7. The maximum absolute atomic E-state index is 2.69. The summed E-state index contributed by atoms with van der Waals surface area (Å²) >= 11 is 0. The lowest BCUT2D eigenvalue weighted by Gasteiger charge is -2.37. The van der Waals surface area contributed by atoms with Gasteiger partial charge >= 0.3 is 0 Å². The van der Waals surface area contributed by atoms with Crippen LogP contribution in [-0.4, -0.2) is 0 Å². The first-order chi connectivity index (χ1) is 34.5. The second kappa shape index (κ2) is 14.8. The molecule has 71 heavy (non-hydrogen) atoms. The number of fused-ring (bicyclic) bond motifs is 12. The lowest BCUT2D eigenvalue weighted by molar-refractivity contribution is 0.656. The summed E-state index contributed by atoms with van der Waals surface area (Å²) in [6.07, 6.45) is 0. The lowest BCUT2D eigenvalue weighted by atomic mass is 9.66. The quantitative estimate of drug-likeness (QED) is 0.161. The molecule has 0 aromatic heterocycles. The summed E-state index contributed by atoms with van der Waals surface area (Å²) in [4.78, 5) is 2.69. The molecule has 14 rings (SSSR count). The van der Waals surface area contributed by atoms with E-state index in [4.69, 9.17) is 0 Å². The molecule has 0 saturated heterocycles. The number of hydrogen-bond acceptors (Lipinski definition) is 1. The first-order valence-electron chi connectivity index (χ1n) is 25.4. The second-order valence-electron chi connectivity index (χ2n) is 22.0. The van der Waals surface area contributed by atoms with Crippen molar-refractivity contribution in [2.75, 3.05) is 4.90 Å². The summed E-state index contributed by atoms with van der Waals surface area (Å²) in [7, 11) is 0. The highest BCUT2D eigenvalue weighted by molar-refractivity contribution is 6.08. The van der Waals surface area contributed by atoms with Crippen LogP contribution in [0.5, 0.6) is 0 Å². The van der Waals surface area contributed by atoms with Gasteiger partial charge in [-0.25, -0.2) is 0 Å². The molecule has 0 amide bonds. The normalized spacial score (nSPS) is 15.9. The molecule has 0 aliphatic heterocycles. The zero-order valence-corrected chi connectivity index (χ0v) is 41.3. The van der Waals surface area contributed by atoms with Gasteiger partial charge in [0.15, 0.2) is 0 Å². The Morgan fingerprint density at radius 1 is 0.268 bits per heavy atom. The molecule has 0 heterocycles. The monoisotopic (exact) mass is 909 g/mol. The van der Waals surface area contributed by atoms with Crippen molar-refractivity contribution in [2.45, 2.75) is 63.2 Å². The number of hydrogen-bond donors (Lipinski definition) is 0. The molecule has 0 spiro atoms. The highest BCUT2D eigenvalue weighted by atomic mass is 15.2. The third kappa shape index (κ3) is 5.58. The van der Waals surface area contributed by atoms with Crippen LogP contribution in [0.4, 0.5) is 17.1 Å². The van der Waals surface area contributed by atoms with Crippen LogP contribution in [-0.2, 0) is 21.7 Å². The molecule has 0 fully saturated rings. The minimum Gasteiger partial charge on any atom is -0.309 e. The van der Waals surface area contributed by atoms with E-state index >= 15 is 0 Å². The molecule has 4 aliphatic carbocycles. The van der Waals surface area contributed by atoms with Crippen molar-refractivity contribution in [1.82, 2.24) is 0 Å². The number of anilines is 3. The summed E-state index contributed by atoms with van der Waals surface area (Å²) in [6.45, 7) is 14.5. The van der Waals surface area contributed by atoms with E-state index in [1.807, 2.05) is 0 Å². The Balaban J connectivity index is 1.16. The zero-order valence-electron chi connectivity index (χ0n) is 41.3. The van der Waals surface area contributed by atoms with Gasteiger partial charge in [-0.3, -0.25) is 0 Å². The number of nitrogens with zero attached hydrogens (tertiary/aromatic N) is 1. The Morgan fingerprint density at radius 2 is 0.662 bits per heavy atom. The standard InChI is InChI=1S/C70H55N/c1-67(2)56-31-19-16-28-50(56)52-38-35-48(41-59(52)67)71(49-36-39-53-51-29-17-20-32-57(51)68(3,4)60(53)42-49)66-64-54-30-18-21-33-58(54)69(5,6)62(64)43-63-65(66)55-37-34-45(44-22-10-7-11-23-44)40-61(55)70(63,46-24-12-8-13-25-46)47-26-14-9-15-27-47/h7-43H,1-6H3. The van der Waals surface area contributed by atoms with Crippen molar-refractivity contribution in [3.05, 3.63) is 280 Å². The second-order valence-corrected chi connectivity index (χ2v) is 22.0. The highest BCUT2D eigenvalue weighted by Crippen LogP contribution is 2.66. The molecule has 0 unspecified atom stereocenters. The summed E-state index contributed by atoms with van der Waals surface area (Å²) in [5, 5.41) is 0. The van der Waals surface area contributed by atoms with Crippen molar-refractivity contribution in [1.29, 1.82) is 0 Å². The summed E-state index contributed by atoms with van der Waals surface area (Å²) < 4.78 is 0. The fraction of sp³-hybridized carbons (Fsp3) is 0.143. The average molecular weight is 910 g/mol. The van der Waals surface area contributed by atoms with Gasteiger partial charge in [-0.05, 0) is 130 Å². The van der Waals surface area contributed by atoms with E-state index in [-0.39, 0.29) is 16.2 Å². The number of benzene rings is 10. The average Bonchev–Trinajstić information content (AvgIpc) is 4.01. The predicted octanol–water partition coefficient (Wildman–Crippen LogP) is 18.1. The summed E-state index contributed by atoms with van der Waals surface area (Å²) in [5.41, 5.74) is 28.4. The van der Waals surface area contributed by atoms with Gasteiger partial charge < -0.3 is 4.90 Å². The van der Waals surface area contributed by atoms with E-state index < -0.39 is 5.41 Å². The third-order valence-corrected chi connectivity index (χ3v) is 17.3. The van der Waals surface area contributed by atoms with Gasteiger partial charge in [-0.1, -0.05) is 236 Å². The molecule has 340 valence electrons. The van der Waals surface area contributed by atoms with Crippen molar-refractivity contribution < 1.29 is 0 Å². The molecule has 0 N–H and O–H groups in total. The van der Waals surface area contributed by atoms with Gasteiger partial charge in [0, 0.05) is 38.7 Å². The minimum absolute atomic E-state index is 0.194. The Labute approximate surface area is 418 Å². The Morgan fingerprint density at radius 3 is 1.20 bits per heavy atom. The zero-order chi connectivity index (χ0) is 48.0. The van der Waals surface area contributed by atoms with E-state index in [1.165, 1.54) is 117 Å². The van der Waals surface area contributed by atoms with Gasteiger partial charge in [-0.15, -0.1) is 0 Å². The first kappa shape index (κ1) is 41.9. The van der Waals surface area contributed by atoms with Crippen LogP contribution in [0.25, 0.3) is 55.6 Å². The van der Waals surface area contributed by atoms with E-state index in [9.17, 15) is 0 Å². The smallest absolute Gasteiger partial charge is 0.0714 e. The maximum Gasteiger partial charge on any atom is 0.0714 e. The molecule has 1 nitrogen and oxygen atoms in total. The van der Waals surface area contributed by atoms with E-state index in [0.29, 0.717) is 0 Å². The van der Waals surface area contributed by atoms with Crippen molar-refractivity contribution in [3.8, 4) is 55.6 Å². The van der Waals surface area contributed by atoms with Crippen LogP contribution in [0.3, 0.4) is 0 Å². The van der Waals surface area contributed by atoms with Gasteiger partial charge in [0.2, 0.25) is 0 Å². The van der Waals surface area contributed by atoms with Crippen LogP contribution in [0.15, 0.2) is 224 Å². The summed E-state index contributed by atoms with van der Waals surface area (Å²) in [5.74, 6) is 0. The largest absolute Gasteiger partial charge is 0.309 e. The van der Waals surface area contributed by atoms with Crippen molar-refractivity contribution >= 4 is 17.1 Å². The van der Waals surface area contributed by atoms with Crippen LogP contribution in [0.2, 0.25) is 0 Å². The van der Waals surface area contributed by atoms with Crippen LogP contribution >= 0.6 is 0 Å². The predicted molar refractivity (Wildman–Crippen MR) is 297 cm³/mol. The minimum atomic E-state index is -0.651. The van der Waals surface area contributed by atoms with Crippen molar-refractivity contribution in [2.24, 2.45) is 0 Å². The Hall–Kier alpha value is -8.00. The Bertz CT molecular complexity index is 3690. The van der Waals surface area contributed by atoms with Gasteiger partial charge in [0.25, 0.3) is 0 Å². The van der Waals surface area contributed by atoms with E-state index in [2.05, 4.69) is 271 Å². The van der Waals surface area contributed by atoms with Crippen LogP contribution < -0.4 is 4.90 Å². The van der Waals surface area contributed by atoms with E-state index in [1.54, 1.807) is 0 Å². The molecule has 0 saturated carbocycles. The SMILES string of the molecule is CC1(C)c2ccccc2-c2ccc(N(c3ccc4c(c3)C(C)(C)c3ccccc3-4)c3c4c(cc5c3-c3ccc(-c6ccccc6)cc3C5(c3ccccc3)c3ccccc3)C(C)(C)c3ccccc3-4)cc21. The molecule has 0 radical (unpaired) electrons. The highest BCUT2D eigenvalue weighted by Gasteiger charge is 2.51. The fourth-order valence-electron chi connectivity index (χ4n) is 13.9. The molecule has 4 aliphatic rings. The van der Waals surface area contributed by atoms with E-state index in [0.717, 1.165) is 11.4 Å². The lowest BCUT2D eigenvalue weighted by Crippen LogP contribution is -2.29. The van der Waals surface area contributed by atoms with Crippen LogP contribution in [0.1, 0.15) is 97.2 Å². The molecule has 1 heteroatoms. The van der Waals surface area contributed by atoms with Crippen LogP contribution in [0, 0.1) is 0 Å². The van der Waals surface area contributed by atoms with Gasteiger partial charge in [0.1, 0.15) is 0 Å². The molecular weight excluding hydrogens is 855 g/mol. The maximum atomic E-state index is 2.69. The Kier molecular flexibility index (Phi) is 8.72. The van der Waals surface area contributed by atoms with Gasteiger partial charge in [-0.2, -0.15) is 0 Å². The fourth-order valence-corrected chi connectivity index (χ4v) is 13.9. The van der Waals surface area contributed by atoms with Crippen molar-refractivity contribution in [3.63, 3.8) is 0 Å². The molecule has 0 bridgehead atoms.